The molecule has 0 unspecified atom stereocenters. The van der Waals surface area contributed by atoms with Crippen molar-refractivity contribution in [3.05, 3.63) is 36.1 Å². The van der Waals surface area contributed by atoms with Crippen LogP contribution in [0.4, 0.5) is 0 Å². The fourth-order valence-corrected chi connectivity index (χ4v) is 2.08. The van der Waals surface area contributed by atoms with Crippen LogP contribution in [0.5, 0.6) is 0 Å². The summed E-state index contributed by atoms with van der Waals surface area (Å²) < 4.78 is 0. The second-order valence-corrected chi connectivity index (χ2v) is 4.37. The molecule has 0 radical (unpaired) electrons. The van der Waals surface area contributed by atoms with Crippen molar-refractivity contribution in [1.82, 2.24) is 4.90 Å². The van der Waals surface area contributed by atoms with Gasteiger partial charge >= 0.3 is 0 Å². The van der Waals surface area contributed by atoms with Gasteiger partial charge in [-0.1, -0.05) is 24.8 Å². The Hall–Kier alpha value is -1.51. The zero-order valence-corrected chi connectivity index (χ0v) is 9.33. The van der Waals surface area contributed by atoms with Gasteiger partial charge in [0.05, 0.1) is 5.54 Å². The molecular weight excluding hydrogens is 186 g/mol. The van der Waals surface area contributed by atoms with Crippen molar-refractivity contribution in [2.24, 2.45) is 10.7 Å². The summed E-state index contributed by atoms with van der Waals surface area (Å²) in [6, 6.07) is 0. The van der Waals surface area contributed by atoms with E-state index >= 15 is 0 Å². The Bertz CT molecular complexity index is 390. The first-order valence-corrected chi connectivity index (χ1v) is 5.16. The molecule has 0 saturated carbocycles. The van der Waals surface area contributed by atoms with E-state index in [2.05, 4.69) is 36.7 Å². The third-order valence-electron chi connectivity index (χ3n) is 3.19. The highest BCUT2D eigenvalue weighted by atomic mass is 15.3. The van der Waals surface area contributed by atoms with E-state index in [1.165, 1.54) is 5.57 Å². The predicted molar refractivity (Wildman–Crippen MR) is 63.4 cm³/mol. The summed E-state index contributed by atoms with van der Waals surface area (Å²) in [6.45, 7) is 6.15. The molecule has 2 aliphatic rings. The van der Waals surface area contributed by atoms with Gasteiger partial charge in [0, 0.05) is 19.2 Å². The first-order valence-electron chi connectivity index (χ1n) is 5.16. The van der Waals surface area contributed by atoms with Gasteiger partial charge in [0.15, 0.2) is 5.96 Å². The molecule has 15 heavy (non-hydrogen) atoms. The smallest absolute Gasteiger partial charge is 0.196 e. The second-order valence-electron chi connectivity index (χ2n) is 4.37. The Morgan fingerprint density at radius 1 is 1.60 bits per heavy atom. The van der Waals surface area contributed by atoms with E-state index < -0.39 is 0 Å². The van der Waals surface area contributed by atoms with Crippen molar-refractivity contribution >= 4 is 5.96 Å². The molecule has 0 aromatic rings. The summed E-state index contributed by atoms with van der Waals surface area (Å²) in [7, 11) is 1.90. The monoisotopic (exact) mass is 203 g/mol. The summed E-state index contributed by atoms with van der Waals surface area (Å²) in [5.74, 6) is 0.557. The van der Waals surface area contributed by atoms with Gasteiger partial charge in [0.25, 0.3) is 0 Å². The molecule has 1 heterocycles. The first-order chi connectivity index (χ1) is 7.03. The van der Waals surface area contributed by atoms with Gasteiger partial charge in [-0.15, -0.1) is 0 Å². The summed E-state index contributed by atoms with van der Waals surface area (Å²) >= 11 is 0. The molecule has 1 atom stereocenters. The van der Waals surface area contributed by atoms with Crippen molar-refractivity contribution in [2.75, 3.05) is 7.05 Å². The van der Waals surface area contributed by atoms with E-state index in [1.807, 2.05) is 11.9 Å². The summed E-state index contributed by atoms with van der Waals surface area (Å²) in [4.78, 5) is 6.43. The lowest BCUT2D eigenvalue weighted by Gasteiger charge is -2.37. The number of aliphatic imine (C=N–C) groups is 1. The van der Waals surface area contributed by atoms with Crippen LogP contribution < -0.4 is 5.73 Å². The second kappa shape index (κ2) is 3.26. The van der Waals surface area contributed by atoms with Crippen LogP contribution in [0.1, 0.15) is 19.8 Å². The molecule has 0 fully saturated rings. The molecule has 1 aliphatic heterocycles. The Labute approximate surface area is 90.7 Å². The highest BCUT2D eigenvalue weighted by Gasteiger charge is 2.34. The molecule has 0 bridgehead atoms. The normalized spacial score (nSPS) is 30.5. The minimum absolute atomic E-state index is 0.197. The number of hydrogen-bond acceptors (Lipinski definition) is 3. The number of guanidine groups is 1. The fourth-order valence-electron chi connectivity index (χ4n) is 2.08. The summed E-state index contributed by atoms with van der Waals surface area (Å²) in [6.07, 6.45) is 8.18. The van der Waals surface area contributed by atoms with Crippen LogP contribution in [0, 0.1) is 0 Å². The average Bonchev–Trinajstić information content (AvgIpc) is 2.67. The Morgan fingerprint density at radius 3 is 2.87 bits per heavy atom. The number of rotatable bonds is 1. The molecule has 0 aromatic carbocycles. The van der Waals surface area contributed by atoms with Crippen LogP contribution in [0.3, 0.4) is 0 Å². The van der Waals surface area contributed by atoms with Crippen molar-refractivity contribution in [3.8, 4) is 0 Å². The van der Waals surface area contributed by atoms with Crippen molar-refractivity contribution in [3.63, 3.8) is 0 Å². The largest absolute Gasteiger partial charge is 0.370 e. The topological polar surface area (TPSA) is 41.6 Å². The highest BCUT2D eigenvalue weighted by Crippen LogP contribution is 2.36. The summed E-state index contributed by atoms with van der Waals surface area (Å²) in [5.41, 5.74) is 8.03. The van der Waals surface area contributed by atoms with Gasteiger partial charge in [-0.05, 0) is 18.9 Å². The molecular formula is C12H17N3. The van der Waals surface area contributed by atoms with Gasteiger partial charge in [-0.25, -0.2) is 4.99 Å². The van der Waals surface area contributed by atoms with E-state index in [0.29, 0.717) is 5.96 Å². The molecule has 0 amide bonds. The number of allylic oxidation sites excluding steroid dienone is 3. The van der Waals surface area contributed by atoms with E-state index in [-0.39, 0.29) is 5.54 Å². The average molecular weight is 203 g/mol. The summed E-state index contributed by atoms with van der Waals surface area (Å²) in [5, 5.41) is 0. The lowest BCUT2D eigenvalue weighted by molar-refractivity contribution is 0.432. The zero-order chi connectivity index (χ0) is 11.1. The standard InChI is InChI=1S/C12H17N3/c1-9-8-12(2,10-6-4-5-7-10)14-11(13)15(9)3/h4-6H,1,7-8H2,2-3H3,(H2,13,14)/t12-/m0/s1. The minimum Gasteiger partial charge on any atom is -0.370 e. The lowest BCUT2D eigenvalue weighted by atomic mass is 9.86. The molecule has 0 spiro atoms. The molecule has 2 N–H and O–H groups in total. The quantitative estimate of drug-likeness (QED) is 0.706. The number of nitrogens with zero attached hydrogens (tertiary/aromatic N) is 2. The predicted octanol–water partition coefficient (Wildman–Crippen LogP) is 1.80. The molecule has 0 aromatic heterocycles. The van der Waals surface area contributed by atoms with Crippen LogP contribution in [0.25, 0.3) is 0 Å². The number of nitrogens with two attached hydrogens (primary N) is 1. The van der Waals surface area contributed by atoms with Gasteiger partial charge in [0.2, 0.25) is 0 Å². The van der Waals surface area contributed by atoms with Crippen molar-refractivity contribution in [2.45, 2.75) is 25.3 Å². The van der Waals surface area contributed by atoms with Crippen molar-refractivity contribution < 1.29 is 0 Å². The molecule has 0 saturated heterocycles. The zero-order valence-electron chi connectivity index (χ0n) is 9.33. The Balaban J connectivity index is 2.34. The van der Waals surface area contributed by atoms with Gasteiger partial charge < -0.3 is 10.6 Å². The van der Waals surface area contributed by atoms with Gasteiger partial charge in [0.1, 0.15) is 0 Å². The van der Waals surface area contributed by atoms with Gasteiger partial charge in [-0.2, -0.15) is 0 Å². The molecule has 2 rings (SSSR count). The SMILES string of the molecule is C=C1C[C@@](C)(C2=CC=CC2)N=C(N)N1C. The van der Waals surface area contributed by atoms with Crippen LogP contribution >= 0.6 is 0 Å². The Morgan fingerprint density at radius 2 is 2.33 bits per heavy atom. The third-order valence-corrected chi connectivity index (χ3v) is 3.19. The maximum absolute atomic E-state index is 5.88. The minimum atomic E-state index is -0.197. The fraction of sp³-hybridized carbons (Fsp3) is 0.417. The maximum atomic E-state index is 5.88. The molecule has 3 heteroatoms. The van der Waals surface area contributed by atoms with Crippen LogP contribution in [-0.4, -0.2) is 23.4 Å². The molecule has 1 aliphatic carbocycles. The van der Waals surface area contributed by atoms with E-state index in [0.717, 1.165) is 18.5 Å². The van der Waals surface area contributed by atoms with Gasteiger partial charge in [-0.3, -0.25) is 0 Å². The van der Waals surface area contributed by atoms with E-state index in [1.54, 1.807) is 0 Å². The highest BCUT2D eigenvalue weighted by molar-refractivity contribution is 5.81. The number of hydrogen-bond donors (Lipinski definition) is 1. The first kappa shape index (κ1) is 10.0. The third kappa shape index (κ3) is 1.58. The maximum Gasteiger partial charge on any atom is 0.196 e. The van der Waals surface area contributed by atoms with Crippen LogP contribution in [-0.2, 0) is 0 Å². The van der Waals surface area contributed by atoms with E-state index in [9.17, 15) is 0 Å². The van der Waals surface area contributed by atoms with Crippen LogP contribution in [0.15, 0.2) is 41.1 Å². The lowest BCUT2D eigenvalue weighted by Crippen LogP contribution is -2.44. The van der Waals surface area contributed by atoms with E-state index in [4.69, 9.17) is 5.73 Å². The van der Waals surface area contributed by atoms with Crippen LogP contribution in [0.2, 0.25) is 0 Å². The Kier molecular flexibility index (Phi) is 2.18. The molecule has 80 valence electrons. The van der Waals surface area contributed by atoms with Crippen molar-refractivity contribution in [1.29, 1.82) is 0 Å². The molecule has 3 nitrogen and oxygen atoms in total.